The van der Waals surface area contributed by atoms with Gasteiger partial charge in [0.1, 0.15) is 5.82 Å². The molecular weight excluding hydrogens is 264 g/mol. The van der Waals surface area contributed by atoms with Gasteiger partial charge in [0.2, 0.25) is 0 Å². The summed E-state index contributed by atoms with van der Waals surface area (Å²) in [5.74, 6) is 1.35. The molecule has 1 aromatic heterocycles. The molecule has 0 saturated carbocycles. The van der Waals surface area contributed by atoms with Crippen LogP contribution >= 0.6 is 0 Å². The zero-order valence-electron chi connectivity index (χ0n) is 13.5. The first kappa shape index (κ1) is 15.9. The lowest BCUT2D eigenvalue weighted by Gasteiger charge is -2.35. The molecule has 116 valence electrons. The van der Waals surface area contributed by atoms with Gasteiger partial charge in [0.05, 0.1) is 11.3 Å². The van der Waals surface area contributed by atoms with Gasteiger partial charge in [0.25, 0.3) is 5.91 Å². The summed E-state index contributed by atoms with van der Waals surface area (Å²) < 4.78 is 0. The lowest BCUT2D eigenvalue weighted by atomic mass is 9.91. The molecule has 2 N–H and O–H groups in total. The second kappa shape index (κ2) is 6.52. The molecule has 1 aliphatic rings. The SMILES string of the molecule is Cc1ncc(C(=O)N2CCC[C@@H]([C@H](C)N)C2)c(C(C)C)n1. The first-order chi connectivity index (χ1) is 9.90. The minimum Gasteiger partial charge on any atom is -0.338 e. The maximum atomic E-state index is 12.8. The standard InChI is InChI=1S/C16H26N4O/c1-10(2)15-14(8-18-12(4)19-15)16(21)20-7-5-6-13(9-20)11(3)17/h8,10-11,13H,5-7,9,17H2,1-4H3/t11-,13+/m0/s1. The molecule has 0 unspecified atom stereocenters. The van der Waals surface area contributed by atoms with Crippen LogP contribution in [0.4, 0.5) is 0 Å². The van der Waals surface area contributed by atoms with Gasteiger partial charge in [-0.15, -0.1) is 0 Å². The zero-order valence-corrected chi connectivity index (χ0v) is 13.5. The van der Waals surface area contributed by atoms with Crippen LogP contribution in [0.1, 0.15) is 61.4 Å². The lowest BCUT2D eigenvalue weighted by molar-refractivity contribution is 0.0658. The topological polar surface area (TPSA) is 72.1 Å². The van der Waals surface area contributed by atoms with E-state index >= 15 is 0 Å². The van der Waals surface area contributed by atoms with E-state index in [2.05, 4.69) is 23.8 Å². The summed E-state index contributed by atoms with van der Waals surface area (Å²) in [6.45, 7) is 9.52. The summed E-state index contributed by atoms with van der Waals surface area (Å²) in [5.41, 5.74) is 7.49. The van der Waals surface area contributed by atoms with E-state index in [0.29, 0.717) is 17.3 Å². The number of nitrogens with two attached hydrogens (primary N) is 1. The molecule has 0 bridgehead atoms. The number of aryl methyl sites for hydroxylation is 1. The third-order valence-corrected chi connectivity index (χ3v) is 4.20. The molecule has 1 fully saturated rings. The van der Waals surface area contributed by atoms with Crippen LogP contribution in [0.5, 0.6) is 0 Å². The van der Waals surface area contributed by atoms with Crippen molar-refractivity contribution in [2.24, 2.45) is 11.7 Å². The fraction of sp³-hybridized carbons (Fsp3) is 0.688. The van der Waals surface area contributed by atoms with Gasteiger partial charge in [0, 0.05) is 25.3 Å². The molecule has 1 amide bonds. The average molecular weight is 290 g/mol. The van der Waals surface area contributed by atoms with Crippen LogP contribution in [0.2, 0.25) is 0 Å². The first-order valence-corrected chi connectivity index (χ1v) is 7.78. The Bertz CT molecular complexity index is 513. The highest BCUT2D eigenvalue weighted by atomic mass is 16.2. The monoisotopic (exact) mass is 290 g/mol. The van der Waals surface area contributed by atoms with E-state index in [-0.39, 0.29) is 17.9 Å². The average Bonchev–Trinajstić information content (AvgIpc) is 2.46. The third-order valence-electron chi connectivity index (χ3n) is 4.20. The maximum Gasteiger partial charge on any atom is 0.257 e. The highest BCUT2D eigenvalue weighted by Crippen LogP contribution is 2.23. The minimum absolute atomic E-state index is 0.0454. The Morgan fingerprint density at radius 2 is 2.14 bits per heavy atom. The molecule has 5 heteroatoms. The van der Waals surface area contributed by atoms with E-state index in [4.69, 9.17) is 5.73 Å². The number of amides is 1. The van der Waals surface area contributed by atoms with E-state index in [0.717, 1.165) is 31.6 Å². The number of piperidine rings is 1. The first-order valence-electron chi connectivity index (χ1n) is 7.78. The van der Waals surface area contributed by atoms with Crippen molar-refractivity contribution in [2.45, 2.75) is 52.5 Å². The summed E-state index contributed by atoms with van der Waals surface area (Å²) in [4.78, 5) is 23.4. The predicted octanol–water partition coefficient (Wildman–Crippen LogP) is 2.11. The highest BCUT2D eigenvalue weighted by Gasteiger charge is 2.28. The van der Waals surface area contributed by atoms with Crippen LogP contribution in [0.3, 0.4) is 0 Å². The zero-order chi connectivity index (χ0) is 15.6. The molecule has 0 radical (unpaired) electrons. The summed E-state index contributed by atoms with van der Waals surface area (Å²) >= 11 is 0. The quantitative estimate of drug-likeness (QED) is 0.925. The number of rotatable bonds is 3. The van der Waals surface area contributed by atoms with E-state index in [9.17, 15) is 4.79 Å². The van der Waals surface area contributed by atoms with Crippen LogP contribution in [-0.2, 0) is 0 Å². The van der Waals surface area contributed by atoms with E-state index in [1.807, 2.05) is 18.7 Å². The smallest absolute Gasteiger partial charge is 0.257 e. The Morgan fingerprint density at radius 1 is 1.43 bits per heavy atom. The summed E-state index contributed by atoms with van der Waals surface area (Å²) in [7, 11) is 0. The molecule has 21 heavy (non-hydrogen) atoms. The number of hydrogen-bond donors (Lipinski definition) is 1. The molecule has 1 aromatic rings. The molecule has 2 atom stereocenters. The molecule has 0 aromatic carbocycles. The van der Waals surface area contributed by atoms with Crippen LogP contribution in [-0.4, -0.2) is 39.9 Å². The van der Waals surface area contributed by atoms with Crippen LogP contribution in [0.25, 0.3) is 0 Å². The molecule has 1 saturated heterocycles. The number of carbonyl (C=O) groups excluding carboxylic acids is 1. The second-order valence-corrected chi connectivity index (χ2v) is 6.38. The normalized spacial score (nSPS) is 20.7. The molecule has 2 heterocycles. The highest BCUT2D eigenvalue weighted by molar-refractivity contribution is 5.95. The van der Waals surface area contributed by atoms with Gasteiger partial charge in [-0.05, 0) is 38.5 Å². The number of aromatic nitrogens is 2. The van der Waals surface area contributed by atoms with E-state index in [1.165, 1.54) is 0 Å². The Hall–Kier alpha value is -1.49. The van der Waals surface area contributed by atoms with Gasteiger partial charge in [-0.25, -0.2) is 9.97 Å². The minimum atomic E-state index is 0.0454. The molecule has 5 nitrogen and oxygen atoms in total. The van der Waals surface area contributed by atoms with Crippen molar-refractivity contribution in [1.29, 1.82) is 0 Å². The maximum absolute atomic E-state index is 12.8. The summed E-state index contributed by atoms with van der Waals surface area (Å²) in [6.07, 6.45) is 3.79. The van der Waals surface area contributed by atoms with Crippen LogP contribution in [0.15, 0.2) is 6.20 Å². The number of carbonyl (C=O) groups is 1. The van der Waals surface area contributed by atoms with Crippen molar-refractivity contribution in [3.63, 3.8) is 0 Å². The number of hydrogen-bond acceptors (Lipinski definition) is 4. The molecule has 1 aliphatic heterocycles. The lowest BCUT2D eigenvalue weighted by Crippen LogP contribution is -2.45. The fourth-order valence-electron chi connectivity index (χ4n) is 2.89. The Labute approximate surface area is 127 Å². The van der Waals surface area contributed by atoms with Crippen molar-refractivity contribution in [3.8, 4) is 0 Å². The van der Waals surface area contributed by atoms with Crippen molar-refractivity contribution in [2.75, 3.05) is 13.1 Å². The molecule has 0 aliphatic carbocycles. The van der Waals surface area contributed by atoms with Gasteiger partial charge in [-0.1, -0.05) is 13.8 Å². The van der Waals surface area contributed by atoms with Crippen molar-refractivity contribution >= 4 is 5.91 Å². The third kappa shape index (κ3) is 3.59. The van der Waals surface area contributed by atoms with Crippen molar-refractivity contribution in [1.82, 2.24) is 14.9 Å². The van der Waals surface area contributed by atoms with Gasteiger partial charge in [0.15, 0.2) is 0 Å². The molecular formula is C16H26N4O. The fourth-order valence-corrected chi connectivity index (χ4v) is 2.89. The van der Waals surface area contributed by atoms with Gasteiger partial charge in [-0.3, -0.25) is 4.79 Å². The van der Waals surface area contributed by atoms with Gasteiger partial charge < -0.3 is 10.6 Å². The van der Waals surface area contributed by atoms with Crippen LogP contribution in [0, 0.1) is 12.8 Å². The largest absolute Gasteiger partial charge is 0.338 e. The summed E-state index contributed by atoms with van der Waals surface area (Å²) in [5, 5.41) is 0. The van der Waals surface area contributed by atoms with Crippen molar-refractivity contribution < 1.29 is 4.79 Å². The predicted molar refractivity (Wildman–Crippen MR) is 83.1 cm³/mol. The Morgan fingerprint density at radius 3 is 2.76 bits per heavy atom. The summed E-state index contributed by atoms with van der Waals surface area (Å²) in [6, 6.07) is 0.124. The van der Waals surface area contributed by atoms with E-state index in [1.54, 1.807) is 6.20 Å². The molecule has 0 spiro atoms. The number of likely N-dealkylation sites (tertiary alicyclic amines) is 1. The van der Waals surface area contributed by atoms with Gasteiger partial charge >= 0.3 is 0 Å². The van der Waals surface area contributed by atoms with Gasteiger partial charge in [-0.2, -0.15) is 0 Å². The Kier molecular flexibility index (Phi) is 4.93. The van der Waals surface area contributed by atoms with E-state index < -0.39 is 0 Å². The van der Waals surface area contributed by atoms with Crippen LogP contribution < -0.4 is 5.73 Å². The number of nitrogens with zero attached hydrogens (tertiary/aromatic N) is 3. The Balaban J connectivity index is 2.23. The van der Waals surface area contributed by atoms with Crippen molar-refractivity contribution in [3.05, 3.63) is 23.3 Å². The molecule has 2 rings (SSSR count). The second-order valence-electron chi connectivity index (χ2n) is 6.38.